The third-order valence-electron chi connectivity index (χ3n) is 4.48. The average Bonchev–Trinajstić information content (AvgIpc) is 3.23. The van der Waals surface area contributed by atoms with Crippen LogP contribution in [0.4, 0.5) is 4.79 Å². The van der Waals surface area contributed by atoms with Crippen molar-refractivity contribution in [1.82, 2.24) is 10.4 Å². The lowest BCUT2D eigenvalue weighted by atomic mass is 10.0. The summed E-state index contributed by atoms with van der Waals surface area (Å²) in [6.07, 6.45) is 4.18. The molecule has 1 aliphatic heterocycles. The zero-order valence-electron chi connectivity index (χ0n) is 13.9. The fourth-order valence-corrected chi connectivity index (χ4v) is 3.24. The molecule has 1 atom stereocenters. The fourth-order valence-electron chi connectivity index (χ4n) is 3.24. The number of hydrazine groups is 1. The molecule has 0 bridgehead atoms. The number of carbonyl (C=O) groups excluding carboxylic acids is 2. The van der Waals surface area contributed by atoms with E-state index in [9.17, 15) is 9.59 Å². The summed E-state index contributed by atoms with van der Waals surface area (Å²) >= 11 is 0. The van der Waals surface area contributed by atoms with Crippen LogP contribution >= 0.6 is 0 Å². The number of hydrogen-bond acceptors (Lipinski definition) is 5. The van der Waals surface area contributed by atoms with Crippen LogP contribution in [0.25, 0.3) is 0 Å². The Morgan fingerprint density at radius 2 is 1.96 bits per heavy atom. The van der Waals surface area contributed by atoms with E-state index < -0.39 is 12.1 Å². The van der Waals surface area contributed by atoms with Crippen molar-refractivity contribution in [3.63, 3.8) is 0 Å². The maximum Gasteiger partial charge on any atom is 0.429 e. The highest BCUT2D eigenvalue weighted by Crippen LogP contribution is 2.37. The molecule has 1 aromatic rings. The highest BCUT2D eigenvalue weighted by Gasteiger charge is 2.36. The van der Waals surface area contributed by atoms with Gasteiger partial charge >= 0.3 is 6.09 Å². The molecule has 1 heterocycles. The van der Waals surface area contributed by atoms with Gasteiger partial charge in [0, 0.05) is 0 Å². The van der Waals surface area contributed by atoms with Gasteiger partial charge in [0.15, 0.2) is 11.5 Å². The zero-order valence-corrected chi connectivity index (χ0v) is 13.9. The Morgan fingerprint density at radius 3 is 2.62 bits per heavy atom. The number of hydrogen-bond donors (Lipinski definition) is 1. The summed E-state index contributed by atoms with van der Waals surface area (Å²) in [5.74, 6) is 1.07. The number of amides is 2. The molecule has 1 aromatic carbocycles. The van der Waals surface area contributed by atoms with Gasteiger partial charge in [-0.2, -0.15) is 0 Å². The van der Waals surface area contributed by atoms with Gasteiger partial charge in [-0.15, -0.1) is 0 Å². The van der Waals surface area contributed by atoms with Crippen molar-refractivity contribution >= 4 is 12.0 Å². The number of rotatable bonds is 4. The first-order valence-corrected chi connectivity index (χ1v) is 8.13. The minimum Gasteiger partial charge on any atom is -0.493 e. The minimum absolute atomic E-state index is 0.185. The molecule has 1 aliphatic carbocycles. The monoisotopic (exact) mass is 334 g/mol. The van der Waals surface area contributed by atoms with E-state index in [1.165, 1.54) is 25.0 Å². The lowest BCUT2D eigenvalue weighted by Crippen LogP contribution is -2.39. The third kappa shape index (κ3) is 3.25. The van der Waals surface area contributed by atoms with Crippen molar-refractivity contribution in [2.45, 2.75) is 44.2 Å². The van der Waals surface area contributed by atoms with Gasteiger partial charge < -0.3 is 14.2 Å². The topological polar surface area (TPSA) is 77.1 Å². The van der Waals surface area contributed by atoms with Crippen LogP contribution in [0, 0.1) is 0 Å². The second-order valence-electron chi connectivity index (χ2n) is 6.03. The highest BCUT2D eigenvalue weighted by molar-refractivity contribution is 5.83. The van der Waals surface area contributed by atoms with Gasteiger partial charge in [-0.25, -0.2) is 9.80 Å². The Hall–Kier alpha value is -2.44. The molecule has 0 aromatic heterocycles. The second kappa shape index (κ2) is 6.98. The number of ether oxygens (including phenoxy) is 3. The SMILES string of the molecule is COC(=O)N1NC(=O)CC1c1ccc(OC)c(OC2CCCC2)c1. The molecule has 3 rings (SSSR count). The molecule has 0 radical (unpaired) electrons. The predicted molar refractivity (Wildman–Crippen MR) is 85.6 cm³/mol. The summed E-state index contributed by atoms with van der Waals surface area (Å²) < 4.78 is 16.2. The van der Waals surface area contributed by atoms with Crippen LogP contribution in [0.1, 0.15) is 43.7 Å². The number of nitrogens with one attached hydrogen (secondary N) is 1. The standard InChI is InChI=1S/C17H22N2O5/c1-22-14-8-7-11(9-15(14)24-12-5-3-4-6-12)13-10-16(20)18-19(13)17(21)23-2/h7-9,12-13H,3-6,10H2,1-2H3,(H,18,20). The van der Waals surface area contributed by atoms with Crippen LogP contribution in [0.3, 0.4) is 0 Å². The Morgan fingerprint density at radius 1 is 1.21 bits per heavy atom. The van der Waals surface area contributed by atoms with E-state index in [0.29, 0.717) is 11.5 Å². The Labute approximate surface area is 140 Å². The van der Waals surface area contributed by atoms with Gasteiger partial charge in [-0.3, -0.25) is 10.2 Å². The van der Waals surface area contributed by atoms with Crippen molar-refractivity contribution in [1.29, 1.82) is 0 Å². The van der Waals surface area contributed by atoms with E-state index in [-0.39, 0.29) is 18.4 Å². The molecule has 2 aliphatic rings. The van der Waals surface area contributed by atoms with Crippen LogP contribution in [0.5, 0.6) is 11.5 Å². The van der Waals surface area contributed by atoms with Crippen molar-refractivity contribution in [3.05, 3.63) is 23.8 Å². The molecular formula is C17H22N2O5. The van der Waals surface area contributed by atoms with E-state index in [2.05, 4.69) is 5.43 Å². The van der Waals surface area contributed by atoms with Gasteiger partial charge in [0.2, 0.25) is 5.91 Å². The van der Waals surface area contributed by atoms with E-state index in [4.69, 9.17) is 14.2 Å². The van der Waals surface area contributed by atoms with Gasteiger partial charge in [0.1, 0.15) is 0 Å². The Kier molecular flexibility index (Phi) is 4.78. The first-order valence-electron chi connectivity index (χ1n) is 8.13. The van der Waals surface area contributed by atoms with Crippen LogP contribution in [0.2, 0.25) is 0 Å². The minimum atomic E-state index is -0.597. The molecule has 7 nitrogen and oxygen atoms in total. The molecule has 130 valence electrons. The van der Waals surface area contributed by atoms with Crippen molar-refractivity contribution in [2.75, 3.05) is 14.2 Å². The quantitative estimate of drug-likeness (QED) is 0.916. The lowest BCUT2D eigenvalue weighted by Gasteiger charge is -2.23. The summed E-state index contributed by atoms with van der Waals surface area (Å²) in [4.78, 5) is 23.6. The van der Waals surface area contributed by atoms with Crippen molar-refractivity contribution in [3.8, 4) is 11.5 Å². The van der Waals surface area contributed by atoms with Gasteiger partial charge in [0.25, 0.3) is 0 Å². The molecular weight excluding hydrogens is 312 g/mol. The molecule has 0 spiro atoms. The van der Waals surface area contributed by atoms with Gasteiger partial charge in [-0.1, -0.05) is 6.07 Å². The van der Waals surface area contributed by atoms with Gasteiger partial charge in [-0.05, 0) is 43.4 Å². The second-order valence-corrected chi connectivity index (χ2v) is 6.03. The molecule has 2 fully saturated rings. The van der Waals surface area contributed by atoms with Crippen LogP contribution < -0.4 is 14.9 Å². The Bertz CT molecular complexity index is 627. The van der Waals surface area contributed by atoms with Crippen LogP contribution in [-0.4, -0.2) is 37.3 Å². The van der Waals surface area contributed by atoms with Crippen molar-refractivity contribution in [2.24, 2.45) is 0 Å². The van der Waals surface area contributed by atoms with E-state index >= 15 is 0 Å². The Balaban J connectivity index is 1.86. The summed E-state index contributed by atoms with van der Waals surface area (Å²) in [7, 11) is 2.88. The zero-order chi connectivity index (χ0) is 17.1. The average molecular weight is 334 g/mol. The molecule has 1 saturated carbocycles. The number of nitrogens with zero attached hydrogens (tertiary/aromatic N) is 1. The lowest BCUT2D eigenvalue weighted by molar-refractivity contribution is -0.120. The molecule has 24 heavy (non-hydrogen) atoms. The van der Waals surface area contributed by atoms with E-state index in [1.807, 2.05) is 12.1 Å². The largest absolute Gasteiger partial charge is 0.493 e. The molecule has 7 heteroatoms. The van der Waals surface area contributed by atoms with E-state index in [0.717, 1.165) is 18.4 Å². The predicted octanol–water partition coefficient (Wildman–Crippen LogP) is 2.56. The molecule has 2 amide bonds. The normalized spacial score (nSPS) is 20.8. The smallest absolute Gasteiger partial charge is 0.429 e. The number of methoxy groups -OCH3 is 2. The highest BCUT2D eigenvalue weighted by atomic mass is 16.5. The third-order valence-corrected chi connectivity index (χ3v) is 4.48. The van der Waals surface area contributed by atoms with Crippen molar-refractivity contribution < 1.29 is 23.8 Å². The van der Waals surface area contributed by atoms with Gasteiger partial charge in [0.05, 0.1) is 32.8 Å². The number of benzene rings is 1. The molecule has 1 unspecified atom stereocenters. The van der Waals surface area contributed by atoms with Crippen LogP contribution in [-0.2, 0) is 9.53 Å². The molecule has 1 N–H and O–H groups in total. The summed E-state index contributed by atoms with van der Waals surface area (Å²) in [5.41, 5.74) is 3.32. The number of carbonyl (C=O) groups is 2. The molecule has 1 saturated heterocycles. The first kappa shape index (κ1) is 16.4. The maximum absolute atomic E-state index is 11.9. The first-order chi connectivity index (χ1) is 11.6. The fraction of sp³-hybridized carbons (Fsp3) is 0.529. The summed E-state index contributed by atoms with van der Waals surface area (Å²) in [6, 6.07) is 5.05. The van der Waals surface area contributed by atoms with Crippen LogP contribution in [0.15, 0.2) is 18.2 Å². The summed E-state index contributed by atoms with van der Waals surface area (Å²) in [6.45, 7) is 0. The maximum atomic E-state index is 11.9. The summed E-state index contributed by atoms with van der Waals surface area (Å²) in [5, 5.41) is 1.21. The van der Waals surface area contributed by atoms with E-state index in [1.54, 1.807) is 13.2 Å².